The number of carboxylic acid groups (broad SMARTS) is 1. The van der Waals surface area contributed by atoms with E-state index in [1.54, 1.807) is 74.5 Å². The number of carboxylic acids is 1. The van der Waals surface area contributed by atoms with Gasteiger partial charge in [0.05, 0.1) is 5.70 Å². The van der Waals surface area contributed by atoms with Crippen molar-refractivity contribution >= 4 is 35.7 Å². The fraction of sp³-hybridized carbons (Fsp3) is 0.269. The molecule has 2 atom stereocenters. The number of hydrogen-bond acceptors (Lipinski definition) is 5. The highest BCUT2D eigenvalue weighted by atomic mass is 16.4. The number of ketones is 1. The van der Waals surface area contributed by atoms with Crippen molar-refractivity contribution < 1.29 is 29.1 Å². The Morgan fingerprint density at radius 1 is 1.03 bits per heavy atom. The molecule has 0 fully saturated rings. The lowest BCUT2D eigenvalue weighted by molar-refractivity contribution is -0.170. The largest absolute Gasteiger partial charge is 0.475 e. The van der Waals surface area contributed by atoms with Gasteiger partial charge in [-0.2, -0.15) is 0 Å². The minimum Gasteiger partial charge on any atom is -0.475 e. The summed E-state index contributed by atoms with van der Waals surface area (Å²) in [6, 6.07) is 14.8. The van der Waals surface area contributed by atoms with Crippen molar-refractivity contribution in [3.05, 3.63) is 78.0 Å². The number of amides is 3. The van der Waals surface area contributed by atoms with Crippen LogP contribution < -0.4 is 0 Å². The molecular weight excluding hydrogens is 450 g/mol. The quantitative estimate of drug-likeness (QED) is 0.438. The fourth-order valence-corrected chi connectivity index (χ4v) is 4.17. The molecule has 2 aromatic carbocycles. The molecule has 1 unspecified atom stereocenters. The highest BCUT2D eigenvalue weighted by Crippen LogP contribution is 2.32. The third-order valence-electron chi connectivity index (χ3n) is 5.72. The van der Waals surface area contributed by atoms with Crippen LogP contribution in [-0.2, 0) is 30.4 Å². The second-order valence-corrected chi connectivity index (χ2v) is 8.51. The monoisotopic (exact) mass is 477 g/mol. The van der Waals surface area contributed by atoms with Crippen LogP contribution in [0.25, 0.3) is 5.70 Å². The SMILES string of the molecule is CC(=O)N([C@@H](Cc1ccccc1)C(=O)C(=O)O)N1C(=O)C(C(C)C)N(C=O)C=C1c1ccccc1. The van der Waals surface area contributed by atoms with E-state index in [1.165, 1.54) is 18.0 Å². The molecule has 0 aliphatic carbocycles. The number of rotatable bonds is 9. The molecule has 0 bridgehead atoms. The van der Waals surface area contributed by atoms with E-state index in [0.29, 0.717) is 17.5 Å². The normalized spacial score (nSPS) is 16.5. The summed E-state index contributed by atoms with van der Waals surface area (Å²) < 4.78 is 0. The minimum atomic E-state index is -1.72. The van der Waals surface area contributed by atoms with Crippen LogP contribution >= 0.6 is 0 Å². The first-order chi connectivity index (χ1) is 16.7. The Hall–Kier alpha value is -4.27. The lowest BCUT2D eigenvalue weighted by atomic mass is 9.97. The van der Waals surface area contributed by atoms with Crippen LogP contribution in [0.5, 0.6) is 0 Å². The smallest absolute Gasteiger partial charge is 0.374 e. The van der Waals surface area contributed by atoms with Gasteiger partial charge in [-0.25, -0.2) is 14.8 Å². The van der Waals surface area contributed by atoms with Gasteiger partial charge in [0.2, 0.25) is 12.3 Å². The molecule has 1 aliphatic heterocycles. The molecule has 0 spiro atoms. The van der Waals surface area contributed by atoms with Crippen LogP contribution in [0.15, 0.2) is 66.9 Å². The average Bonchev–Trinajstić information content (AvgIpc) is 2.84. The Bertz CT molecular complexity index is 1150. The highest BCUT2D eigenvalue weighted by molar-refractivity contribution is 6.35. The molecule has 2 aromatic rings. The predicted octanol–water partition coefficient (Wildman–Crippen LogP) is 2.34. The number of aliphatic carboxylic acids is 1. The first-order valence-electron chi connectivity index (χ1n) is 11.1. The maximum Gasteiger partial charge on any atom is 0.374 e. The Labute approximate surface area is 203 Å². The van der Waals surface area contributed by atoms with Gasteiger partial charge in [0, 0.05) is 25.1 Å². The van der Waals surface area contributed by atoms with Gasteiger partial charge in [0.1, 0.15) is 12.1 Å². The van der Waals surface area contributed by atoms with Crippen LogP contribution in [0.3, 0.4) is 0 Å². The lowest BCUT2D eigenvalue weighted by Gasteiger charge is -2.46. The van der Waals surface area contributed by atoms with E-state index in [4.69, 9.17) is 0 Å². The van der Waals surface area contributed by atoms with Gasteiger partial charge in [-0.15, -0.1) is 0 Å². The van der Waals surface area contributed by atoms with Crippen molar-refractivity contribution in [1.29, 1.82) is 0 Å². The fourth-order valence-electron chi connectivity index (χ4n) is 4.17. The summed E-state index contributed by atoms with van der Waals surface area (Å²) in [6.07, 6.45) is 1.85. The van der Waals surface area contributed by atoms with Crippen molar-refractivity contribution in [3.8, 4) is 0 Å². The molecular formula is C26H27N3O6. The summed E-state index contributed by atoms with van der Waals surface area (Å²) in [5, 5.41) is 11.5. The van der Waals surface area contributed by atoms with E-state index < -0.39 is 35.7 Å². The molecule has 1 aliphatic rings. The standard InChI is InChI=1S/C26H27N3O6/c1-17(2)23-25(33)29(22(15-27(23)16-30)20-12-8-5-9-13-20)28(18(3)31)21(24(32)26(34)35)14-19-10-6-4-7-11-19/h4-13,15-17,21,23H,14H2,1-3H3,(H,34,35)/t21-,23?/m0/s1. The molecule has 182 valence electrons. The van der Waals surface area contributed by atoms with Crippen molar-refractivity contribution in [1.82, 2.24) is 14.9 Å². The van der Waals surface area contributed by atoms with Crippen LogP contribution in [0.4, 0.5) is 0 Å². The maximum absolute atomic E-state index is 13.8. The zero-order chi connectivity index (χ0) is 25.7. The Morgan fingerprint density at radius 2 is 1.60 bits per heavy atom. The maximum atomic E-state index is 13.8. The zero-order valence-corrected chi connectivity index (χ0v) is 19.7. The molecule has 35 heavy (non-hydrogen) atoms. The van der Waals surface area contributed by atoms with Gasteiger partial charge in [0.15, 0.2) is 0 Å². The number of carbonyl (C=O) groups is 5. The van der Waals surface area contributed by atoms with Gasteiger partial charge < -0.3 is 10.0 Å². The second kappa shape index (κ2) is 10.8. The van der Waals surface area contributed by atoms with E-state index in [1.807, 2.05) is 0 Å². The summed E-state index contributed by atoms with van der Waals surface area (Å²) in [5.41, 5.74) is 1.29. The first kappa shape index (κ1) is 25.4. The molecule has 3 rings (SSSR count). The van der Waals surface area contributed by atoms with Crippen LogP contribution in [-0.4, -0.2) is 62.1 Å². The zero-order valence-electron chi connectivity index (χ0n) is 19.7. The molecule has 0 saturated heterocycles. The van der Waals surface area contributed by atoms with Gasteiger partial charge >= 0.3 is 5.97 Å². The predicted molar refractivity (Wildman–Crippen MR) is 127 cm³/mol. The van der Waals surface area contributed by atoms with E-state index >= 15 is 0 Å². The molecule has 0 saturated carbocycles. The number of carbonyl (C=O) groups excluding carboxylic acids is 4. The number of nitrogens with zero attached hydrogens (tertiary/aromatic N) is 3. The van der Waals surface area contributed by atoms with E-state index in [9.17, 15) is 29.1 Å². The van der Waals surface area contributed by atoms with Crippen molar-refractivity contribution in [3.63, 3.8) is 0 Å². The summed E-state index contributed by atoms with van der Waals surface area (Å²) in [4.78, 5) is 64.7. The van der Waals surface area contributed by atoms with Crippen molar-refractivity contribution in [2.45, 2.75) is 39.3 Å². The Balaban J connectivity index is 2.23. The highest BCUT2D eigenvalue weighted by Gasteiger charge is 2.45. The second-order valence-electron chi connectivity index (χ2n) is 8.51. The van der Waals surface area contributed by atoms with Gasteiger partial charge in [0.25, 0.3) is 11.7 Å². The number of hydrazine groups is 1. The molecule has 1 N–H and O–H groups in total. The van der Waals surface area contributed by atoms with Crippen LogP contribution in [0, 0.1) is 5.92 Å². The van der Waals surface area contributed by atoms with Crippen molar-refractivity contribution in [2.24, 2.45) is 5.92 Å². The third kappa shape index (κ3) is 5.29. The molecule has 1 heterocycles. The third-order valence-corrected chi connectivity index (χ3v) is 5.72. The minimum absolute atomic E-state index is 0.124. The Kier molecular flexibility index (Phi) is 7.80. The molecule has 9 heteroatoms. The Morgan fingerprint density at radius 3 is 2.09 bits per heavy atom. The van der Waals surface area contributed by atoms with Gasteiger partial charge in [-0.3, -0.25) is 19.2 Å². The topological polar surface area (TPSA) is 115 Å². The first-order valence-corrected chi connectivity index (χ1v) is 11.1. The van der Waals surface area contributed by atoms with E-state index in [2.05, 4.69) is 0 Å². The summed E-state index contributed by atoms with van der Waals surface area (Å²) in [5.74, 6) is -4.61. The van der Waals surface area contributed by atoms with E-state index in [0.717, 1.165) is 10.0 Å². The van der Waals surface area contributed by atoms with Crippen molar-refractivity contribution in [2.75, 3.05) is 0 Å². The number of benzene rings is 2. The van der Waals surface area contributed by atoms with Crippen LogP contribution in [0.2, 0.25) is 0 Å². The number of Topliss-reactive ketones (excluding diaryl/α,β-unsaturated/α-hetero) is 1. The average molecular weight is 478 g/mol. The molecule has 0 aromatic heterocycles. The van der Waals surface area contributed by atoms with E-state index in [-0.39, 0.29) is 18.0 Å². The molecule has 3 amide bonds. The van der Waals surface area contributed by atoms with Gasteiger partial charge in [-0.05, 0) is 11.5 Å². The molecule has 9 nitrogen and oxygen atoms in total. The summed E-state index contributed by atoms with van der Waals surface area (Å²) in [6.45, 7) is 4.67. The summed E-state index contributed by atoms with van der Waals surface area (Å²) >= 11 is 0. The number of hydrogen-bond donors (Lipinski definition) is 1. The van der Waals surface area contributed by atoms with Gasteiger partial charge in [-0.1, -0.05) is 74.5 Å². The molecule has 0 radical (unpaired) electrons. The van der Waals surface area contributed by atoms with Crippen LogP contribution in [0.1, 0.15) is 31.9 Å². The summed E-state index contributed by atoms with van der Waals surface area (Å²) in [7, 11) is 0. The lowest BCUT2D eigenvalue weighted by Crippen LogP contribution is -2.63.